The number of fused-ring (bicyclic) bond motifs is 1. The second-order valence-corrected chi connectivity index (χ2v) is 6.77. The van der Waals surface area contributed by atoms with Crippen LogP contribution in [0.3, 0.4) is 0 Å². The molecule has 118 valence electrons. The summed E-state index contributed by atoms with van der Waals surface area (Å²) >= 11 is 1.81. The highest BCUT2D eigenvalue weighted by Gasteiger charge is 2.29. The number of benzene rings is 1. The molecule has 4 rings (SSSR count). The second-order valence-electron chi connectivity index (χ2n) is 5.74. The standard InChI is InChI=1S/C18H19N3OS/c1-22-17-7-3-2-6-15(17)16-12-20-9-8-19-18(20)13-21(16)11-14-5-4-10-23-14/h2-10,16H,11-13H2,1H3/t16-/m1/s1. The van der Waals surface area contributed by atoms with E-state index in [-0.39, 0.29) is 6.04 Å². The van der Waals surface area contributed by atoms with E-state index in [1.54, 1.807) is 18.4 Å². The molecule has 0 aliphatic carbocycles. The molecular weight excluding hydrogens is 306 g/mol. The summed E-state index contributed by atoms with van der Waals surface area (Å²) in [5.41, 5.74) is 1.24. The molecule has 0 spiro atoms. The SMILES string of the molecule is COc1ccccc1[C@H]1Cn2ccnc2CN1Cc1cccs1. The zero-order valence-corrected chi connectivity index (χ0v) is 13.9. The van der Waals surface area contributed by atoms with E-state index in [0.29, 0.717) is 0 Å². The Morgan fingerprint density at radius 3 is 3.00 bits per heavy atom. The number of nitrogens with zero attached hydrogens (tertiary/aromatic N) is 3. The summed E-state index contributed by atoms with van der Waals surface area (Å²) in [6, 6.07) is 12.9. The third kappa shape index (κ3) is 2.78. The van der Waals surface area contributed by atoms with Crippen LogP contribution in [0.2, 0.25) is 0 Å². The normalized spacial score (nSPS) is 17.9. The first-order chi connectivity index (χ1) is 11.3. The summed E-state index contributed by atoms with van der Waals surface area (Å²) in [6.45, 7) is 2.70. The first-order valence-corrected chi connectivity index (χ1v) is 8.62. The molecule has 0 amide bonds. The van der Waals surface area contributed by atoms with E-state index in [0.717, 1.165) is 31.2 Å². The van der Waals surface area contributed by atoms with Crippen molar-refractivity contribution in [3.63, 3.8) is 0 Å². The van der Waals surface area contributed by atoms with Crippen LogP contribution in [-0.2, 0) is 19.6 Å². The molecule has 0 saturated carbocycles. The van der Waals surface area contributed by atoms with E-state index in [1.807, 2.05) is 18.3 Å². The van der Waals surface area contributed by atoms with Crippen molar-refractivity contribution in [2.45, 2.75) is 25.7 Å². The van der Waals surface area contributed by atoms with Crippen LogP contribution in [0.25, 0.3) is 0 Å². The van der Waals surface area contributed by atoms with Crippen LogP contribution >= 0.6 is 11.3 Å². The largest absolute Gasteiger partial charge is 0.496 e. The topological polar surface area (TPSA) is 30.3 Å². The number of aromatic nitrogens is 2. The van der Waals surface area contributed by atoms with Crippen molar-refractivity contribution in [1.29, 1.82) is 0 Å². The lowest BCUT2D eigenvalue weighted by atomic mass is 10.0. The molecule has 5 heteroatoms. The molecule has 0 saturated heterocycles. The van der Waals surface area contributed by atoms with E-state index in [2.05, 4.69) is 50.3 Å². The second kappa shape index (κ2) is 6.18. The number of methoxy groups -OCH3 is 1. The van der Waals surface area contributed by atoms with Crippen LogP contribution in [0.15, 0.2) is 54.2 Å². The number of para-hydroxylation sites is 1. The van der Waals surface area contributed by atoms with Crippen molar-refractivity contribution >= 4 is 11.3 Å². The Labute approximate surface area is 140 Å². The minimum atomic E-state index is 0.287. The molecule has 3 aromatic rings. The van der Waals surface area contributed by atoms with Gasteiger partial charge in [0.2, 0.25) is 0 Å². The van der Waals surface area contributed by atoms with E-state index < -0.39 is 0 Å². The molecule has 0 fully saturated rings. The van der Waals surface area contributed by atoms with E-state index in [9.17, 15) is 0 Å². The number of hydrogen-bond acceptors (Lipinski definition) is 4. The van der Waals surface area contributed by atoms with Gasteiger partial charge in [-0.05, 0) is 17.5 Å². The maximum atomic E-state index is 5.60. The smallest absolute Gasteiger partial charge is 0.123 e. The summed E-state index contributed by atoms with van der Waals surface area (Å²) in [7, 11) is 1.74. The molecule has 23 heavy (non-hydrogen) atoms. The number of thiophene rings is 1. The van der Waals surface area contributed by atoms with Crippen molar-refractivity contribution < 1.29 is 4.74 Å². The van der Waals surface area contributed by atoms with Crippen LogP contribution in [0, 0.1) is 0 Å². The fourth-order valence-electron chi connectivity index (χ4n) is 3.26. The average Bonchev–Trinajstić information content (AvgIpc) is 3.25. The number of hydrogen-bond donors (Lipinski definition) is 0. The number of rotatable bonds is 4. The Hall–Kier alpha value is -2.11. The molecule has 1 atom stereocenters. The minimum absolute atomic E-state index is 0.287. The molecule has 4 nitrogen and oxygen atoms in total. The summed E-state index contributed by atoms with van der Waals surface area (Å²) in [5, 5.41) is 2.14. The Kier molecular flexibility index (Phi) is 3.89. The molecule has 0 N–H and O–H groups in total. The highest BCUT2D eigenvalue weighted by molar-refractivity contribution is 7.09. The van der Waals surface area contributed by atoms with Crippen LogP contribution in [0.1, 0.15) is 22.3 Å². The van der Waals surface area contributed by atoms with Gasteiger partial charge in [0.05, 0.1) is 19.7 Å². The zero-order chi connectivity index (χ0) is 15.6. The van der Waals surface area contributed by atoms with Crippen molar-refractivity contribution in [3.05, 3.63) is 70.4 Å². The zero-order valence-electron chi connectivity index (χ0n) is 13.1. The van der Waals surface area contributed by atoms with Crippen LogP contribution < -0.4 is 4.74 Å². The van der Waals surface area contributed by atoms with Gasteiger partial charge in [0.15, 0.2) is 0 Å². The number of imidazole rings is 1. The maximum absolute atomic E-state index is 5.60. The monoisotopic (exact) mass is 325 g/mol. The average molecular weight is 325 g/mol. The molecule has 1 aromatic carbocycles. The van der Waals surface area contributed by atoms with Gasteiger partial charge in [0.1, 0.15) is 11.6 Å². The van der Waals surface area contributed by atoms with Gasteiger partial charge in [-0.25, -0.2) is 4.98 Å². The van der Waals surface area contributed by atoms with Gasteiger partial charge in [-0.15, -0.1) is 11.3 Å². The van der Waals surface area contributed by atoms with Gasteiger partial charge in [0.25, 0.3) is 0 Å². The lowest BCUT2D eigenvalue weighted by molar-refractivity contribution is 0.127. The Morgan fingerprint density at radius 1 is 1.26 bits per heavy atom. The maximum Gasteiger partial charge on any atom is 0.123 e. The lowest BCUT2D eigenvalue weighted by Gasteiger charge is -2.36. The minimum Gasteiger partial charge on any atom is -0.496 e. The molecule has 1 aliphatic rings. The molecule has 0 radical (unpaired) electrons. The van der Waals surface area contributed by atoms with Gasteiger partial charge in [-0.1, -0.05) is 24.3 Å². The van der Waals surface area contributed by atoms with Crippen molar-refractivity contribution in [2.75, 3.05) is 7.11 Å². The fraction of sp³-hybridized carbons (Fsp3) is 0.278. The third-order valence-corrected chi connectivity index (χ3v) is 5.25. The van der Waals surface area contributed by atoms with Crippen molar-refractivity contribution in [2.24, 2.45) is 0 Å². The first kappa shape index (κ1) is 14.5. The van der Waals surface area contributed by atoms with E-state index in [4.69, 9.17) is 4.74 Å². The first-order valence-electron chi connectivity index (χ1n) is 7.74. The Morgan fingerprint density at radius 2 is 2.17 bits per heavy atom. The van der Waals surface area contributed by atoms with Gasteiger partial charge in [0, 0.05) is 35.9 Å². The quantitative estimate of drug-likeness (QED) is 0.732. The van der Waals surface area contributed by atoms with E-state index in [1.165, 1.54) is 10.4 Å². The summed E-state index contributed by atoms with van der Waals surface area (Å²) in [6.07, 6.45) is 3.96. The predicted octanol–water partition coefficient (Wildman–Crippen LogP) is 3.71. The molecule has 1 aliphatic heterocycles. The highest BCUT2D eigenvalue weighted by atomic mass is 32.1. The van der Waals surface area contributed by atoms with Gasteiger partial charge in [-0.2, -0.15) is 0 Å². The summed E-state index contributed by atoms with van der Waals surface area (Å²) < 4.78 is 7.85. The molecule has 2 aromatic heterocycles. The lowest BCUT2D eigenvalue weighted by Crippen LogP contribution is -2.36. The van der Waals surface area contributed by atoms with Crippen LogP contribution in [0.5, 0.6) is 5.75 Å². The van der Waals surface area contributed by atoms with E-state index >= 15 is 0 Å². The Bertz CT molecular complexity index is 781. The predicted molar refractivity (Wildman–Crippen MR) is 91.5 cm³/mol. The molecule has 3 heterocycles. The molecule has 0 bridgehead atoms. The van der Waals surface area contributed by atoms with Gasteiger partial charge < -0.3 is 9.30 Å². The van der Waals surface area contributed by atoms with Crippen LogP contribution in [-0.4, -0.2) is 21.6 Å². The highest BCUT2D eigenvalue weighted by Crippen LogP contribution is 2.35. The van der Waals surface area contributed by atoms with Gasteiger partial charge >= 0.3 is 0 Å². The Balaban J connectivity index is 1.71. The summed E-state index contributed by atoms with van der Waals surface area (Å²) in [4.78, 5) is 8.37. The van der Waals surface area contributed by atoms with Crippen molar-refractivity contribution in [3.8, 4) is 5.75 Å². The van der Waals surface area contributed by atoms with Gasteiger partial charge in [-0.3, -0.25) is 4.90 Å². The molecule has 0 unspecified atom stereocenters. The third-order valence-electron chi connectivity index (χ3n) is 4.39. The summed E-state index contributed by atoms with van der Waals surface area (Å²) in [5.74, 6) is 2.09. The molecular formula is C18H19N3OS. The van der Waals surface area contributed by atoms with Crippen molar-refractivity contribution in [1.82, 2.24) is 14.5 Å². The number of ether oxygens (including phenoxy) is 1. The van der Waals surface area contributed by atoms with Crippen LogP contribution in [0.4, 0.5) is 0 Å². The fourth-order valence-corrected chi connectivity index (χ4v) is 3.99.